The van der Waals surface area contributed by atoms with Gasteiger partial charge in [-0.05, 0) is 12.1 Å². The van der Waals surface area contributed by atoms with E-state index in [-0.39, 0.29) is 22.8 Å². The lowest BCUT2D eigenvalue weighted by molar-refractivity contribution is -0.0494. The lowest BCUT2D eigenvalue weighted by Crippen LogP contribution is -2.03. The van der Waals surface area contributed by atoms with Gasteiger partial charge in [0.25, 0.3) is 0 Å². The highest BCUT2D eigenvalue weighted by Gasteiger charge is 2.14. The summed E-state index contributed by atoms with van der Waals surface area (Å²) in [5.74, 6) is -1.09. The minimum absolute atomic E-state index is 0.0706. The predicted octanol–water partition coefficient (Wildman–Crippen LogP) is 2.38. The standard InChI is InChI=1S/C11H8F2N2O3/c12-11(13)18-8-4-2-1-3-6(8)9-14-5-7(15-9)10(16)17/h1-5,11H,(H,14,15)(H,16,17). The zero-order chi connectivity index (χ0) is 13.1. The van der Waals surface area contributed by atoms with Crippen molar-refractivity contribution in [3.05, 3.63) is 36.2 Å². The number of ether oxygens (including phenoxy) is 1. The summed E-state index contributed by atoms with van der Waals surface area (Å²) in [6.07, 6.45) is 1.11. The van der Waals surface area contributed by atoms with Gasteiger partial charge in [-0.25, -0.2) is 9.78 Å². The van der Waals surface area contributed by atoms with E-state index in [1.165, 1.54) is 18.2 Å². The summed E-state index contributed by atoms with van der Waals surface area (Å²) < 4.78 is 28.7. The number of rotatable bonds is 4. The van der Waals surface area contributed by atoms with Crippen LogP contribution in [-0.2, 0) is 0 Å². The Hall–Kier alpha value is -2.44. The fraction of sp³-hybridized carbons (Fsp3) is 0.0909. The first-order valence-electron chi connectivity index (χ1n) is 4.90. The molecule has 0 spiro atoms. The Morgan fingerprint density at radius 3 is 2.72 bits per heavy atom. The van der Waals surface area contributed by atoms with Gasteiger partial charge in [0, 0.05) is 0 Å². The molecular weight excluding hydrogens is 246 g/mol. The molecule has 0 radical (unpaired) electrons. The van der Waals surface area contributed by atoms with Gasteiger partial charge < -0.3 is 14.8 Å². The second-order valence-electron chi connectivity index (χ2n) is 3.33. The minimum Gasteiger partial charge on any atom is -0.477 e. The number of alkyl halides is 2. The average molecular weight is 254 g/mol. The highest BCUT2D eigenvalue weighted by molar-refractivity contribution is 5.86. The molecule has 0 bridgehead atoms. The third-order valence-corrected chi connectivity index (χ3v) is 2.16. The van der Waals surface area contributed by atoms with E-state index in [0.717, 1.165) is 6.20 Å². The number of nitrogens with zero attached hydrogens (tertiary/aromatic N) is 1. The summed E-state index contributed by atoms with van der Waals surface area (Å²) in [5.41, 5.74) is 0.141. The summed E-state index contributed by atoms with van der Waals surface area (Å²) in [7, 11) is 0. The van der Waals surface area contributed by atoms with Gasteiger partial charge in [0.2, 0.25) is 0 Å². The molecule has 1 aromatic heterocycles. The molecule has 1 aromatic carbocycles. The first kappa shape index (κ1) is 12.0. The summed E-state index contributed by atoms with van der Waals surface area (Å²) in [5, 5.41) is 8.74. The van der Waals surface area contributed by atoms with Crippen molar-refractivity contribution >= 4 is 5.97 Å². The van der Waals surface area contributed by atoms with Gasteiger partial charge in [-0.15, -0.1) is 0 Å². The number of aromatic nitrogens is 2. The number of H-pyrrole nitrogens is 1. The smallest absolute Gasteiger partial charge is 0.387 e. The van der Waals surface area contributed by atoms with Crippen molar-refractivity contribution in [3.63, 3.8) is 0 Å². The second kappa shape index (κ2) is 4.82. The van der Waals surface area contributed by atoms with Crippen molar-refractivity contribution in [2.45, 2.75) is 6.61 Å². The highest BCUT2D eigenvalue weighted by Crippen LogP contribution is 2.28. The van der Waals surface area contributed by atoms with Gasteiger partial charge in [0.05, 0.1) is 11.8 Å². The number of aromatic carboxylic acids is 1. The van der Waals surface area contributed by atoms with Crippen molar-refractivity contribution in [2.75, 3.05) is 0 Å². The van der Waals surface area contributed by atoms with E-state index in [9.17, 15) is 13.6 Å². The van der Waals surface area contributed by atoms with E-state index in [4.69, 9.17) is 5.11 Å². The van der Waals surface area contributed by atoms with Gasteiger partial charge in [0.1, 0.15) is 17.3 Å². The molecule has 7 heteroatoms. The predicted molar refractivity (Wildman–Crippen MR) is 57.6 cm³/mol. The Labute approximate surface area is 100 Å². The van der Waals surface area contributed by atoms with Gasteiger partial charge in [-0.1, -0.05) is 12.1 Å². The maximum Gasteiger partial charge on any atom is 0.387 e. The van der Waals surface area contributed by atoms with Crippen molar-refractivity contribution in [3.8, 4) is 17.1 Å². The number of carbonyl (C=O) groups is 1. The second-order valence-corrected chi connectivity index (χ2v) is 3.33. The number of para-hydroxylation sites is 1. The SMILES string of the molecule is O=C(O)c1cnc(-c2ccccc2OC(F)F)[nH]1. The molecule has 0 saturated carbocycles. The van der Waals surface area contributed by atoms with Crippen molar-refractivity contribution in [1.29, 1.82) is 0 Å². The molecule has 5 nitrogen and oxygen atoms in total. The van der Waals surface area contributed by atoms with Gasteiger partial charge in [-0.2, -0.15) is 8.78 Å². The molecule has 0 amide bonds. The Kier molecular flexibility index (Phi) is 3.22. The first-order valence-corrected chi connectivity index (χ1v) is 4.90. The van der Waals surface area contributed by atoms with E-state index in [0.29, 0.717) is 0 Å². The van der Waals surface area contributed by atoms with Crippen LogP contribution in [0.3, 0.4) is 0 Å². The van der Waals surface area contributed by atoms with Crippen LogP contribution >= 0.6 is 0 Å². The maximum atomic E-state index is 12.2. The van der Waals surface area contributed by atoms with Crippen LogP contribution in [0.15, 0.2) is 30.5 Å². The Bertz CT molecular complexity index is 569. The van der Waals surface area contributed by atoms with Crippen LogP contribution in [-0.4, -0.2) is 27.7 Å². The maximum absolute atomic E-state index is 12.2. The first-order chi connectivity index (χ1) is 8.58. The average Bonchev–Trinajstić information content (AvgIpc) is 2.78. The molecular formula is C11H8F2N2O3. The zero-order valence-corrected chi connectivity index (χ0v) is 8.93. The Morgan fingerprint density at radius 2 is 2.11 bits per heavy atom. The van der Waals surface area contributed by atoms with Crippen LogP contribution in [0.25, 0.3) is 11.4 Å². The van der Waals surface area contributed by atoms with Crippen LogP contribution in [0.1, 0.15) is 10.5 Å². The van der Waals surface area contributed by atoms with Crippen molar-refractivity contribution < 1.29 is 23.4 Å². The molecule has 0 unspecified atom stereocenters. The van der Waals surface area contributed by atoms with E-state index in [1.54, 1.807) is 6.07 Å². The quantitative estimate of drug-likeness (QED) is 0.878. The van der Waals surface area contributed by atoms with Crippen molar-refractivity contribution in [1.82, 2.24) is 9.97 Å². The van der Waals surface area contributed by atoms with E-state index >= 15 is 0 Å². The lowest BCUT2D eigenvalue weighted by atomic mass is 10.2. The summed E-state index contributed by atoms with van der Waals surface area (Å²) in [6.45, 7) is -2.96. The molecule has 2 aromatic rings. The highest BCUT2D eigenvalue weighted by atomic mass is 19.3. The van der Waals surface area contributed by atoms with Crippen LogP contribution in [0.4, 0.5) is 8.78 Å². The Balaban J connectivity index is 2.39. The number of hydrogen-bond donors (Lipinski definition) is 2. The summed E-state index contributed by atoms with van der Waals surface area (Å²) >= 11 is 0. The molecule has 1 heterocycles. The van der Waals surface area contributed by atoms with E-state index in [1.807, 2.05) is 0 Å². The van der Waals surface area contributed by atoms with Gasteiger partial charge in [-0.3, -0.25) is 0 Å². The van der Waals surface area contributed by atoms with Gasteiger partial charge >= 0.3 is 12.6 Å². The van der Waals surface area contributed by atoms with E-state index < -0.39 is 12.6 Å². The molecule has 0 aliphatic rings. The molecule has 94 valence electrons. The molecule has 0 aliphatic heterocycles. The van der Waals surface area contributed by atoms with Gasteiger partial charge in [0.15, 0.2) is 0 Å². The fourth-order valence-corrected chi connectivity index (χ4v) is 1.43. The van der Waals surface area contributed by atoms with Crippen LogP contribution < -0.4 is 4.74 Å². The fourth-order valence-electron chi connectivity index (χ4n) is 1.43. The number of nitrogens with one attached hydrogen (secondary N) is 1. The largest absolute Gasteiger partial charge is 0.477 e. The topological polar surface area (TPSA) is 75.2 Å². The number of halogens is 2. The molecule has 2 rings (SSSR count). The third-order valence-electron chi connectivity index (χ3n) is 2.16. The molecule has 0 atom stereocenters. The third kappa shape index (κ3) is 2.45. The number of carboxylic acids is 1. The zero-order valence-electron chi connectivity index (χ0n) is 8.93. The lowest BCUT2D eigenvalue weighted by Gasteiger charge is -2.08. The van der Waals surface area contributed by atoms with E-state index in [2.05, 4.69) is 14.7 Å². The molecule has 2 N–H and O–H groups in total. The number of carboxylic acid groups (broad SMARTS) is 1. The van der Waals surface area contributed by atoms with Crippen molar-refractivity contribution in [2.24, 2.45) is 0 Å². The van der Waals surface area contributed by atoms with Crippen LogP contribution in [0.2, 0.25) is 0 Å². The minimum atomic E-state index is -2.96. The number of aromatic amines is 1. The molecule has 18 heavy (non-hydrogen) atoms. The van der Waals surface area contributed by atoms with Crippen LogP contribution in [0.5, 0.6) is 5.75 Å². The number of imidazole rings is 1. The molecule has 0 saturated heterocycles. The Morgan fingerprint density at radius 1 is 1.39 bits per heavy atom. The summed E-state index contributed by atoms with van der Waals surface area (Å²) in [6, 6.07) is 5.99. The number of hydrogen-bond acceptors (Lipinski definition) is 3. The monoisotopic (exact) mass is 254 g/mol. The number of benzene rings is 1. The normalized spacial score (nSPS) is 10.6. The van der Waals surface area contributed by atoms with Crippen LogP contribution in [0, 0.1) is 0 Å². The molecule has 0 aliphatic carbocycles. The molecule has 0 fully saturated rings. The summed E-state index contributed by atoms with van der Waals surface area (Å²) in [4.78, 5) is 17.0.